The smallest absolute Gasteiger partial charge is 0.0870 e. The van der Waals surface area contributed by atoms with Crippen LogP contribution in [0.2, 0.25) is 10.0 Å². The van der Waals surface area contributed by atoms with Crippen molar-refractivity contribution in [2.75, 3.05) is 6.54 Å². The lowest BCUT2D eigenvalue weighted by molar-refractivity contribution is 0.219. The van der Waals surface area contributed by atoms with Crippen LogP contribution in [0.4, 0.5) is 0 Å². The molecule has 1 aromatic rings. The van der Waals surface area contributed by atoms with Gasteiger partial charge >= 0.3 is 0 Å². The van der Waals surface area contributed by atoms with Crippen molar-refractivity contribution >= 4 is 40.4 Å². The lowest BCUT2D eigenvalue weighted by atomic mass is 10.1. The van der Waals surface area contributed by atoms with Crippen molar-refractivity contribution in [3.8, 4) is 0 Å². The van der Waals surface area contributed by atoms with E-state index < -0.39 is 0 Å². The summed E-state index contributed by atoms with van der Waals surface area (Å²) in [5.74, 6) is 0. The zero-order chi connectivity index (χ0) is 13.8. The Balaban J connectivity index is 2.12. The average molecular weight is 317 g/mol. The Kier molecular flexibility index (Phi) is 5.46. The molecule has 0 bridgehead atoms. The third kappa shape index (κ3) is 4.32. The van der Waals surface area contributed by atoms with E-state index in [-0.39, 0.29) is 0 Å². The molecule has 1 aromatic carbocycles. The molecule has 1 saturated carbocycles. The van der Waals surface area contributed by atoms with Gasteiger partial charge in [0.05, 0.1) is 4.99 Å². The van der Waals surface area contributed by atoms with Crippen molar-refractivity contribution in [1.82, 2.24) is 4.90 Å². The fourth-order valence-corrected chi connectivity index (χ4v) is 3.29. The third-order valence-corrected chi connectivity index (χ3v) is 4.30. The van der Waals surface area contributed by atoms with Crippen molar-refractivity contribution < 1.29 is 0 Å². The van der Waals surface area contributed by atoms with Gasteiger partial charge in [-0.3, -0.25) is 4.90 Å². The Morgan fingerprint density at radius 3 is 2.58 bits per heavy atom. The van der Waals surface area contributed by atoms with Crippen LogP contribution < -0.4 is 5.73 Å². The van der Waals surface area contributed by atoms with Crippen molar-refractivity contribution in [1.29, 1.82) is 0 Å². The summed E-state index contributed by atoms with van der Waals surface area (Å²) in [5, 5.41) is 1.37. The summed E-state index contributed by atoms with van der Waals surface area (Å²) < 4.78 is 0. The normalized spacial score (nSPS) is 16.2. The quantitative estimate of drug-likeness (QED) is 0.832. The summed E-state index contributed by atoms with van der Waals surface area (Å²) in [6, 6.07) is 6.20. The molecule has 0 saturated heterocycles. The van der Waals surface area contributed by atoms with Gasteiger partial charge in [0.15, 0.2) is 0 Å². The maximum atomic E-state index is 6.24. The first-order valence-corrected chi connectivity index (χ1v) is 7.69. The summed E-state index contributed by atoms with van der Waals surface area (Å²) in [7, 11) is 0. The molecule has 1 aliphatic rings. The second-order valence-electron chi connectivity index (χ2n) is 5.05. The molecule has 19 heavy (non-hydrogen) atoms. The first kappa shape index (κ1) is 15.0. The van der Waals surface area contributed by atoms with E-state index in [1.165, 1.54) is 25.7 Å². The minimum atomic E-state index is 0.539. The molecular weight excluding hydrogens is 299 g/mol. The third-order valence-electron chi connectivity index (χ3n) is 3.59. The minimum absolute atomic E-state index is 0.539. The summed E-state index contributed by atoms with van der Waals surface area (Å²) in [4.78, 5) is 2.88. The molecule has 0 aromatic heterocycles. The molecule has 2 nitrogen and oxygen atoms in total. The molecule has 2 rings (SSSR count). The van der Waals surface area contributed by atoms with Gasteiger partial charge in [0.1, 0.15) is 0 Å². The lowest BCUT2D eigenvalue weighted by Gasteiger charge is -2.28. The van der Waals surface area contributed by atoms with E-state index in [0.717, 1.165) is 12.1 Å². The number of thiocarbonyl (C=S) groups is 1. The number of hydrogen-bond donors (Lipinski definition) is 1. The molecule has 0 spiro atoms. The lowest BCUT2D eigenvalue weighted by Crippen LogP contribution is -2.38. The monoisotopic (exact) mass is 316 g/mol. The molecule has 0 amide bonds. The van der Waals surface area contributed by atoms with Gasteiger partial charge in [-0.25, -0.2) is 0 Å². The van der Waals surface area contributed by atoms with Gasteiger partial charge in [0.25, 0.3) is 0 Å². The average Bonchev–Trinajstić information content (AvgIpc) is 2.84. The van der Waals surface area contributed by atoms with Crippen LogP contribution in [0.1, 0.15) is 31.2 Å². The predicted octanol–water partition coefficient (Wildman–Crippen LogP) is 4.02. The first-order valence-electron chi connectivity index (χ1n) is 6.52. The molecule has 2 N–H and O–H groups in total. The Morgan fingerprint density at radius 1 is 1.32 bits per heavy atom. The van der Waals surface area contributed by atoms with Crippen LogP contribution >= 0.6 is 35.4 Å². The van der Waals surface area contributed by atoms with E-state index in [0.29, 0.717) is 27.6 Å². The van der Waals surface area contributed by atoms with Gasteiger partial charge in [-0.15, -0.1) is 0 Å². The van der Waals surface area contributed by atoms with Crippen LogP contribution in [0.25, 0.3) is 0 Å². The maximum Gasteiger partial charge on any atom is 0.0870 e. The topological polar surface area (TPSA) is 29.3 Å². The van der Waals surface area contributed by atoms with E-state index in [4.69, 9.17) is 41.2 Å². The molecule has 104 valence electrons. The van der Waals surface area contributed by atoms with Gasteiger partial charge in [-0.1, -0.05) is 54.3 Å². The summed E-state index contributed by atoms with van der Waals surface area (Å²) >= 11 is 17.2. The fourth-order valence-electron chi connectivity index (χ4n) is 2.65. The molecule has 0 unspecified atom stereocenters. The predicted molar refractivity (Wildman–Crippen MR) is 85.9 cm³/mol. The van der Waals surface area contributed by atoms with E-state index >= 15 is 0 Å². The van der Waals surface area contributed by atoms with Crippen LogP contribution in [-0.4, -0.2) is 22.5 Å². The van der Waals surface area contributed by atoms with Crippen molar-refractivity contribution in [3.63, 3.8) is 0 Å². The fraction of sp³-hybridized carbons (Fsp3) is 0.500. The Hall–Kier alpha value is -0.350. The Morgan fingerprint density at radius 2 is 2.00 bits per heavy atom. The van der Waals surface area contributed by atoms with Crippen LogP contribution in [0, 0.1) is 0 Å². The van der Waals surface area contributed by atoms with Crippen LogP contribution in [0.3, 0.4) is 0 Å². The van der Waals surface area contributed by atoms with Crippen molar-refractivity contribution in [3.05, 3.63) is 33.8 Å². The van der Waals surface area contributed by atoms with Gasteiger partial charge < -0.3 is 5.73 Å². The molecule has 0 atom stereocenters. The zero-order valence-electron chi connectivity index (χ0n) is 10.7. The zero-order valence-corrected chi connectivity index (χ0v) is 13.1. The van der Waals surface area contributed by atoms with Crippen molar-refractivity contribution in [2.45, 2.75) is 38.3 Å². The number of halogens is 2. The maximum absolute atomic E-state index is 6.24. The number of nitrogens with two attached hydrogens (primary N) is 1. The van der Waals surface area contributed by atoms with Crippen LogP contribution in [0.5, 0.6) is 0 Å². The number of benzene rings is 1. The standard InChI is InChI=1S/C14H18Cl2N2S/c15-11-6-5-10(13(16)7-11)8-18(9-14(17)19)12-3-1-2-4-12/h5-7,12H,1-4,8-9H2,(H2,17,19). The van der Waals surface area contributed by atoms with Gasteiger partial charge in [-0.05, 0) is 30.5 Å². The molecular formula is C14H18Cl2N2S. The Labute approximate surface area is 129 Å². The molecule has 1 aliphatic carbocycles. The van der Waals surface area contributed by atoms with Gasteiger partial charge in [0, 0.05) is 29.2 Å². The van der Waals surface area contributed by atoms with E-state index in [1.807, 2.05) is 12.1 Å². The number of hydrogen-bond acceptors (Lipinski definition) is 2. The van der Waals surface area contributed by atoms with Gasteiger partial charge in [0.2, 0.25) is 0 Å². The SMILES string of the molecule is NC(=S)CN(Cc1ccc(Cl)cc1Cl)C1CCCC1. The number of rotatable bonds is 5. The molecule has 5 heteroatoms. The largest absolute Gasteiger partial charge is 0.392 e. The summed E-state index contributed by atoms with van der Waals surface area (Å²) in [6.07, 6.45) is 5.00. The highest BCUT2D eigenvalue weighted by Gasteiger charge is 2.23. The number of nitrogens with zero attached hydrogens (tertiary/aromatic N) is 1. The van der Waals surface area contributed by atoms with Crippen LogP contribution in [-0.2, 0) is 6.54 Å². The van der Waals surface area contributed by atoms with E-state index in [1.54, 1.807) is 6.07 Å². The first-order chi connectivity index (χ1) is 9.06. The van der Waals surface area contributed by atoms with E-state index in [2.05, 4.69) is 4.90 Å². The highest BCUT2D eigenvalue weighted by Crippen LogP contribution is 2.27. The summed E-state index contributed by atoms with van der Waals surface area (Å²) in [5.41, 5.74) is 6.79. The van der Waals surface area contributed by atoms with E-state index in [9.17, 15) is 0 Å². The molecule has 0 radical (unpaired) electrons. The van der Waals surface area contributed by atoms with Crippen molar-refractivity contribution in [2.24, 2.45) is 5.73 Å². The molecule has 0 aliphatic heterocycles. The highest BCUT2D eigenvalue weighted by atomic mass is 35.5. The summed E-state index contributed by atoms with van der Waals surface area (Å²) in [6.45, 7) is 1.43. The Bertz CT molecular complexity index is 459. The highest BCUT2D eigenvalue weighted by molar-refractivity contribution is 7.80. The molecule has 1 fully saturated rings. The van der Waals surface area contributed by atoms with Gasteiger partial charge in [-0.2, -0.15) is 0 Å². The minimum Gasteiger partial charge on any atom is -0.392 e. The second-order valence-corrected chi connectivity index (χ2v) is 6.41. The van der Waals surface area contributed by atoms with Crippen LogP contribution in [0.15, 0.2) is 18.2 Å². The molecule has 0 heterocycles. The second kappa shape index (κ2) is 6.89.